The molecule has 32 heavy (non-hydrogen) atoms. The number of hydrogen-bond acceptors (Lipinski definition) is 5. The predicted octanol–water partition coefficient (Wildman–Crippen LogP) is 7.02. The third kappa shape index (κ3) is 4.13. The summed E-state index contributed by atoms with van der Waals surface area (Å²) in [6.45, 7) is 1.91. The summed E-state index contributed by atoms with van der Waals surface area (Å²) >= 11 is 6.22. The van der Waals surface area contributed by atoms with Gasteiger partial charge < -0.3 is 9.15 Å². The third-order valence-electron chi connectivity index (χ3n) is 4.88. The number of hydrogen-bond donors (Lipinski definition) is 0. The lowest BCUT2D eigenvalue weighted by Crippen LogP contribution is -2.06. The maximum Gasteiger partial charge on any atom is 0.342 e. The molecular formula is C25H18ClNO5. The first-order chi connectivity index (χ1) is 15.5. The molecule has 0 amide bonds. The van der Waals surface area contributed by atoms with Crippen molar-refractivity contribution < 1.29 is 18.9 Å². The SMILES string of the molecule is CCOC(=O)c1c(-c2ccccc2)oc(-c2cccc(Cl)c2)c1-c1ccc([N+](=O)[O-])cc1. The van der Waals surface area contributed by atoms with Crippen molar-refractivity contribution in [2.75, 3.05) is 6.61 Å². The first kappa shape index (κ1) is 21.3. The number of non-ortho nitro benzene ring substituents is 1. The minimum atomic E-state index is -0.545. The van der Waals surface area contributed by atoms with Crippen molar-refractivity contribution in [3.05, 3.63) is 99.6 Å². The van der Waals surface area contributed by atoms with Gasteiger partial charge in [-0.05, 0) is 36.8 Å². The van der Waals surface area contributed by atoms with Crippen LogP contribution >= 0.6 is 11.6 Å². The van der Waals surface area contributed by atoms with Crippen LogP contribution in [0.2, 0.25) is 5.02 Å². The highest BCUT2D eigenvalue weighted by atomic mass is 35.5. The van der Waals surface area contributed by atoms with Crippen LogP contribution in [0.5, 0.6) is 0 Å². The van der Waals surface area contributed by atoms with E-state index in [0.29, 0.717) is 38.8 Å². The van der Waals surface area contributed by atoms with Crippen LogP contribution in [0.15, 0.2) is 83.3 Å². The van der Waals surface area contributed by atoms with E-state index in [-0.39, 0.29) is 17.9 Å². The maximum absolute atomic E-state index is 13.1. The van der Waals surface area contributed by atoms with E-state index < -0.39 is 10.9 Å². The topological polar surface area (TPSA) is 82.6 Å². The van der Waals surface area contributed by atoms with Gasteiger partial charge in [-0.25, -0.2) is 4.79 Å². The quantitative estimate of drug-likeness (QED) is 0.180. The van der Waals surface area contributed by atoms with E-state index in [1.165, 1.54) is 12.1 Å². The van der Waals surface area contributed by atoms with Gasteiger partial charge >= 0.3 is 5.97 Å². The van der Waals surface area contributed by atoms with Gasteiger partial charge in [-0.15, -0.1) is 0 Å². The van der Waals surface area contributed by atoms with Gasteiger partial charge in [0.1, 0.15) is 17.1 Å². The number of halogens is 1. The van der Waals surface area contributed by atoms with Crippen molar-refractivity contribution in [1.29, 1.82) is 0 Å². The van der Waals surface area contributed by atoms with Crippen LogP contribution in [0, 0.1) is 10.1 Å². The Labute approximate surface area is 189 Å². The number of ether oxygens (including phenoxy) is 1. The van der Waals surface area contributed by atoms with Crippen molar-refractivity contribution in [2.45, 2.75) is 6.92 Å². The smallest absolute Gasteiger partial charge is 0.342 e. The highest BCUT2D eigenvalue weighted by Crippen LogP contribution is 2.44. The van der Waals surface area contributed by atoms with Crippen LogP contribution < -0.4 is 0 Å². The van der Waals surface area contributed by atoms with E-state index >= 15 is 0 Å². The van der Waals surface area contributed by atoms with Crippen molar-refractivity contribution >= 4 is 23.3 Å². The molecule has 0 aliphatic carbocycles. The lowest BCUT2D eigenvalue weighted by molar-refractivity contribution is -0.384. The van der Waals surface area contributed by atoms with Crippen molar-refractivity contribution in [1.82, 2.24) is 0 Å². The Balaban J connectivity index is 2.04. The number of nitrogens with zero attached hydrogens (tertiary/aromatic N) is 1. The second-order valence-electron chi connectivity index (χ2n) is 6.91. The average molecular weight is 448 g/mol. The molecule has 0 saturated carbocycles. The van der Waals surface area contributed by atoms with Crippen molar-refractivity contribution in [3.63, 3.8) is 0 Å². The minimum Gasteiger partial charge on any atom is -0.462 e. The molecule has 0 aliphatic heterocycles. The molecule has 4 rings (SSSR count). The number of carbonyl (C=O) groups is 1. The highest BCUT2D eigenvalue weighted by Gasteiger charge is 2.29. The second kappa shape index (κ2) is 9.08. The third-order valence-corrected chi connectivity index (χ3v) is 5.11. The van der Waals surface area contributed by atoms with Gasteiger partial charge in [0.05, 0.1) is 11.5 Å². The molecule has 4 aromatic rings. The molecule has 1 aromatic heterocycles. The van der Waals surface area contributed by atoms with E-state index in [0.717, 1.165) is 0 Å². The fourth-order valence-corrected chi connectivity index (χ4v) is 3.67. The van der Waals surface area contributed by atoms with Gasteiger partial charge in [0.15, 0.2) is 0 Å². The molecule has 0 N–H and O–H groups in total. The largest absolute Gasteiger partial charge is 0.462 e. The zero-order valence-corrected chi connectivity index (χ0v) is 17.8. The maximum atomic E-state index is 13.1. The average Bonchev–Trinajstić information content (AvgIpc) is 3.21. The van der Waals surface area contributed by atoms with Gasteiger partial charge in [-0.1, -0.05) is 54.1 Å². The van der Waals surface area contributed by atoms with E-state index in [2.05, 4.69) is 0 Å². The monoisotopic (exact) mass is 447 g/mol. The summed E-state index contributed by atoms with van der Waals surface area (Å²) < 4.78 is 11.6. The van der Waals surface area contributed by atoms with Gasteiger partial charge in [0.25, 0.3) is 5.69 Å². The summed E-state index contributed by atoms with van der Waals surface area (Å²) in [5, 5.41) is 11.6. The summed E-state index contributed by atoms with van der Waals surface area (Å²) in [5.41, 5.74) is 2.63. The molecule has 1 heterocycles. The van der Waals surface area contributed by atoms with Crippen LogP contribution in [0.4, 0.5) is 5.69 Å². The van der Waals surface area contributed by atoms with Gasteiger partial charge in [-0.3, -0.25) is 10.1 Å². The van der Waals surface area contributed by atoms with Crippen LogP contribution in [-0.2, 0) is 4.74 Å². The van der Waals surface area contributed by atoms with E-state index in [1.54, 1.807) is 37.3 Å². The molecule has 0 atom stereocenters. The fraction of sp³-hybridized carbons (Fsp3) is 0.0800. The molecule has 0 radical (unpaired) electrons. The summed E-state index contributed by atoms with van der Waals surface area (Å²) in [6, 6.07) is 22.3. The molecule has 0 fully saturated rings. The Hall–Kier alpha value is -3.90. The summed E-state index contributed by atoms with van der Waals surface area (Å²) in [6.07, 6.45) is 0. The zero-order valence-electron chi connectivity index (χ0n) is 17.1. The van der Waals surface area contributed by atoms with Gasteiger partial charge in [-0.2, -0.15) is 0 Å². The normalized spacial score (nSPS) is 10.7. The van der Waals surface area contributed by atoms with Crippen LogP contribution in [0.25, 0.3) is 33.8 Å². The number of benzene rings is 3. The Kier molecular flexibility index (Phi) is 6.05. The van der Waals surface area contributed by atoms with Crippen LogP contribution in [-0.4, -0.2) is 17.5 Å². The second-order valence-corrected chi connectivity index (χ2v) is 7.35. The van der Waals surface area contributed by atoms with Gasteiger partial charge in [0, 0.05) is 33.8 Å². The molecule has 0 bridgehead atoms. The molecule has 160 valence electrons. The number of carbonyl (C=O) groups excluding carboxylic acids is 1. The number of esters is 1. The number of nitro benzene ring substituents is 1. The Bertz CT molecular complexity index is 1280. The van der Waals surface area contributed by atoms with Crippen molar-refractivity contribution in [2.24, 2.45) is 0 Å². The molecule has 0 aliphatic rings. The molecule has 0 saturated heterocycles. The Morgan fingerprint density at radius 2 is 1.62 bits per heavy atom. The number of rotatable bonds is 6. The van der Waals surface area contributed by atoms with E-state index in [4.69, 9.17) is 20.8 Å². The molecule has 0 spiro atoms. The van der Waals surface area contributed by atoms with Crippen LogP contribution in [0.3, 0.4) is 0 Å². The molecule has 0 unspecified atom stereocenters. The lowest BCUT2D eigenvalue weighted by atomic mass is 9.95. The number of nitro groups is 1. The molecule has 7 heteroatoms. The van der Waals surface area contributed by atoms with Crippen LogP contribution in [0.1, 0.15) is 17.3 Å². The first-order valence-corrected chi connectivity index (χ1v) is 10.3. The predicted molar refractivity (Wildman–Crippen MR) is 123 cm³/mol. The van der Waals surface area contributed by atoms with Gasteiger partial charge in [0.2, 0.25) is 0 Å². The summed E-state index contributed by atoms with van der Waals surface area (Å²) in [4.78, 5) is 23.8. The van der Waals surface area contributed by atoms with E-state index in [1.807, 2.05) is 36.4 Å². The Morgan fingerprint density at radius 1 is 0.938 bits per heavy atom. The summed E-state index contributed by atoms with van der Waals surface area (Å²) in [7, 11) is 0. The fourth-order valence-electron chi connectivity index (χ4n) is 3.48. The minimum absolute atomic E-state index is 0.0532. The molecule has 6 nitrogen and oxygen atoms in total. The van der Waals surface area contributed by atoms with Crippen molar-refractivity contribution in [3.8, 4) is 33.8 Å². The standard InChI is InChI=1S/C25H18ClNO5/c1-2-31-25(28)22-21(16-11-13-20(14-12-16)27(29)30)24(18-9-6-10-19(26)15-18)32-23(22)17-7-4-3-5-8-17/h3-15H,2H2,1H3. The zero-order chi connectivity index (χ0) is 22.7. The summed E-state index contributed by atoms with van der Waals surface area (Å²) in [5.74, 6) is 0.229. The number of furan rings is 1. The highest BCUT2D eigenvalue weighted by molar-refractivity contribution is 6.30. The molecule has 3 aromatic carbocycles. The first-order valence-electron chi connectivity index (χ1n) is 9.89. The van der Waals surface area contributed by atoms with E-state index in [9.17, 15) is 14.9 Å². The lowest BCUT2D eigenvalue weighted by Gasteiger charge is -2.08. The molecular weight excluding hydrogens is 430 g/mol. The Morgan fingerprint density at radius 3 is 2.25 bits per heavy atom.